The Morgan fingerprint density at radius 2 is 1.28 bits per heavy atom. The van der Waals surface area contributed by atoms with Crippen LogP contribution in [0.15, 0.2) is 140 Å². The molecule has 0 aliphatic heterocycles. The predicted molar refractivity (Wildman–Crippen MR) is 258 cm³/mol. The summed E-state index contributed by atoms with van der Waals surface area (Å²) < 4.78 is 25.8. The molecule has 0 saturated carbocycles. The highest BCUT2D eigenvalue weighted by molar-refractivity contribution is 5.98. The number of benzene rings is 6. The Morgan fingerprint density at radius 3 is 1.97 bits per heavy atom. The molecule has 0 aliphatic carbocycles. The molecule has 0 atom stereocenters. The smallest absolute Gasteiger partial charge is 0.149 e. The summed E-state index contributed by atoms with van der Waals surface area (Å²) in [6, 6.07) is 45.8. The fourth-order valence-corrected chi connectivity index (χ4v) is 8.14. The second kappa shape index (κ2) is 15.6. The Kier molecular flexibility index (Phi) is 9.68. The largest absolute Gasteiger partial charge is 0.507 e. The summed E-state index contributed by atoms with van der Waals surface area (Å²) in [5.74, 6) is 0.882. The first-order chi connectivity index (χ1) is 30.1. The molecule has 61 heavy (non-hydrogen) atoms. The zero-order valence-corrected chi connectivity index (χ0v) is 37.3. The van der Waals surface area contributed by atoms with Gasteiger partial charge in [-0.05, 0) is 129 Å². The molecule has 308 valence electrons. The van der Waals surface area contributed by atoms with Gasteiger partial charge < -0.3 is 5.11 Å². The van der Waals surface area contributed by atoms with Gasteiger partial charge in [0.05, 0.1) is 28.0 Å². The van der Waals surface area contributed by atoms with E-state index in [4.69, 9.17) is 14.1 Å². The molecule has 6 aromatic carbocycles. The number of hydrogen-bond donors (Lipinski definition) is 1. The third kappa shape index (κ3) is 8.04. The number of nitrogens with zero attached hydrogens (tertiary/aromatic N) is 3. The van der Waals surface area contributed by atoms with Crippen molar-refractivity contribution in [1.29, 1.82) is 0 Å². The average Bonchev–Trinajstić information content (AvgIpc) is 3.65. The van der Waals surface area contributed by atoms with Crippen molar-refractivity contribution < 1.29 is 9.22 Å². The van der Waals surface area contributed by atoms with Gasteiger partial charge in [0.15, 0.2) is 0 Å². The van der Waals surface area contributed by atoms with Crippen LogP contribution in [0, 0.1) is 13.8 Å². The molecule has 0 unspecified atom stereocenters. The normalized spacial score (nSPS) is 13.2. The molecular weight excluding hydrogens is 743 g/mol. The third-order valence-electron chi connectivity index (χ3n) is 12.5. The first-order valence-corrected chi connectivity index (χ1v) is 21.4. The van der Waals surface area contributed by atoms with E-state index in [9.17, 15) is 5.11 Å². The Labute approximate surface area is 367 Å². The monoisotopic (exact) mass is 804 g/mol. The van der Waals surface area contributed by atoms with Gasteiger partial charge in [-0.15, -0.1) is 0 Å². The summed E-state index contributed by atoms with van der Waals surface area (Å²) in [5.41, 5.74) is 15.4. The van der Waals surface area contributed by atoms with Crippen molar-refractivity contribution in [2.45, 2.75) is 98.8 Å². The maximum atomic E-state index is 12.0. The molecule has 0 saturated heterocycles. The van der Waals surface area contributed by atoms with Crippen LogP contribution >= 0.6 is 0 Å². The number of rotatable bonds is 8. The third-order valence-corrected chi connectivity index (χ3v) is 12.5. The van der Waals surface area contributed by atoms with E-state index < -0.39 is 6.85 Å². The Morgan fingerprint density at radius 1 is 0.590 bits per heavy atom. The lowest BCUT2D eigenvalue weighted by atomic mass is 9.81. The van der Waals surface area contributed by atoms with Gasteiger partial charge in [-0.2, -0.15) is 0 Å². The molecule has 0 bridgehead atoms. The topological polar surface area (TPSA) is 50.9 Å². The van der Waals surface area contributed by atoms with Gasteiger partial charge in [-0.25, -0.2) is 4.98 Å². The van der Waals surface area contributed by atoms with Crippen LogP contribution in [0.2, 0.25) is 0 Å². The summed E-state index contributed by atoms with van der Waals surface area (Å²) >= 11 is 0. The van der Waals surface area contributed by atoms with Gasteiger partial charge in [-0.1, -0.05) is 153 Å². The molecule has 4 heteroatoms. The van der Waals surface area contributed by atoms with Crippen molar-refractivity contribution in [3.8, 4) is 67.5 Å². The van der Waals surface area contributed by atoms with Gasteiger partial charge in [0, 0.05) is 27.0 Å². The van der Waals surface area contributed by atoms with E-state index in [1.807, 2.05) is 31.3 Å². The van der Waals surface area contributed by atoms with E-state index in [0.717, 1.165) is 84.5 Å². The molecular formula is C57H59N3O. The van der Waals surface area contributed by atoms with E-state index in [-0.39, 0.29) is 22.0 Å². The first kappa shape index (κ1) is 37.7. The number of aryl methyl sites for hydroxylation is 2. The number of phenolic OH excluding ortho intramolecular Hbond substituents is 1. The fourth-order valence-electron chi connectivity index (χ4n) is 8.14. The Bertz CT molecular complexity index is 3020. The molecule has 1 N–H and O–H groups in total. The number of phenols is 1. The SMILES string of the molecule is [2H]C([2H])([2H])c1ccc(-c2ccnc(-c3cc(-c4cccc5c4nc(-c4cc(C(C)(C)C)cc(C)c4O)n5-c4ccc(C(C)(C)CC)cc4-c4ccccc4)cc(C(C)(C)C)c3)c2)cc1. The summed E-state index contributed by atoms with van der Waals surface area (Å²) in [6.45, 7) is 19.9. The van der Waals surface area contributed by atoms with Crippen LogP contribution in [0.25, 0.3) is 72.7 Å². The van der Waals surface area contributed by atoms with E-state index in [0.29, 0.717) is 17.0 Å². The van der Waals surface area contributed by atoms with Gasteiger partial charge >= 0.3 is 0 Å². The van der Waals surface area contributed by atoms with Gasteiger partial charge in [0.1, 0.15) is 11.6 Å². The maximum Gasteiger partial charge on any atom is 0.149 e. The molecule has 0 spiro atoms. The zero-order valence-electron chi connectivity index (χ0n) is 40.3. The number of para-hydroxylation sites is 1. The molecule has 2 heterocycles. The van der Waals surface area contributed by atoms with Crippen molar-refractivity contribution in [1.82, 2.24) is 14.5 Å². The highest BCUT2D eigenvalue weighted by Crippen LogP contribution is 2.44. The van der Waals surface area contributed by atoms with E-state index in [1.165, 1.54) is 5.56 Å². The minimum atomic E-state index is -2.17. The van der Waals surface area contributed by atoms with Crippen LogP contribution in [0.1, 0.15) is 101 Å². The van der Waals surface area contributed by atoms with Crippen LogP contribution in [0.4, 0.5) is 0 Å². The van der Waals surface area contributed by atoms with Gasteiger partial charge in [0.25, 0.3) is 0 Å². The molecule has 0 fully saturated rings. The van der Waals surface area contributed by atoms with Gasteiger partial charge in [-0.3, -0.25) is 9.55 Å². The van der Waals surface area contributed by atoms with Crippen LogP contribution in [-0.2, 0) is 16.2 Å². The van der Waals surface area contributed by atoms with Gasteiger partial charge in [0.2, 0.25) is 0 Å². The lowest BCUT2D eigenvalue weighted by molar-refractivity contribution is 0.471. The molecule has 4 nitrogen and oxygen atoms in total. The van der Waals surface area contributed by atoms with Crippen molar-refractivity contribution >= 4 is 11.0 Å². The number of aromatic nitrogens is 3. The van der Waals surface area contributed by atoms with Crippen LogP contribution < -0.4 is 0 Å². The Hall–Kier alpha value is -6.26. The van der Waals surface area contributed by atoms with Crippen LogP contribution in [0.5, 0.6) is 5.75 Å². The van der Waals surface area contributed by atoms with E-state index in [2.05, 4.69) is 170 Å². The first-order valence-electron chi connectivity index (χ1n) is 22.9. The highest BCUT2D eigenvalue weighted by Gasteiger charge is 2.27. The number of aromatic hydroxyl groups is 1. The second-order valence-electron chi connectivity index (χ2n) is 19.3. The molecule has 8 aromatic rings. The van der Waals surface area contributed by atoms with Crippen LogP contribution in [-0.4, -0.2) is 19.6 Å². The second-order valence-corrected chi connectivity index (χ2v) is 19.3. The number of hydrogen-bond acceptors (Lipinski definition) is 3. The van der Waals surface area contributed by atoms with E-state index >= 15 is 0 Å². The molecule has 8 rings (SSSR count). The zero-order chi connectivity index (χ0) is 45.9. The summed E-state index contributed by atoms with van der Waals surface area (Å²) in [5, 5.41) is 12.0. The fraction of sp³-hybridized carbons (Fsp3) is 0.263. The number of fused-ring (bicyclic) bond motifs is 1. The van der Waals surface area contributed by atoms with Crippen LogP contribution in [0.3, 0.4) is 0 Å². The lowest BCUT2D eigenvalue weighted by Gasteiger charge is -2.26. The van der Waals surface area contributed by atoms with Crippen molar-refractivity contribution in [3.63, 3.8) is 0 Å². The maximum absolute atomic E-state index is 12.0. The lowest BCUT2D eigenvalue weighted by Crippen LogP contribution is -2.16. The average molecular weight is 805 g/mol. The summed E-state index contributed by atoms with van der Waals surface area (Å²) in [7, 11) is 0. The minimum absolute atomic E-state index is 0.0417. The summed E-state index contributed by atoms with van der Waals surface area (Å²) in [6.07, 6.45) is 2.81. The van der Waals surface area contributed by atoms with Crippen molar-refractivity contribution in [3.05, 3.63) is 167 Å². The number of pyridine rings is 1. The van der Waals surface area contributed by atoms with Crippen molar-refractivity contribution in [2.24, 2.45) is 0 Å². The van der Waals surface area contributed by atoms with Crippen molar-refractivity contribution in [2.75, 3.05) is 0 Å². The number of imidazole rings is 1. The molecule has 2 aromatic heterocycles. The molecule has 0 radical (unpaired) electrons. The predicted octanol–water partition coefficient (Wildman–Crippen LogP) is 15.4. The Balaban J connectivity index is 1.40. The standard InChI is InChI=1S/C57H59N3O/c1-12-57(10,11)43-25-26-50(47(34-43)39-17-14-13-15-18-39)60-51-20-16-19-46(52(51)59-54(60)48-35-44(55(4,5)6)29-37(3)53(48)61)41-30-42(32-45(31-41)56(7,8)9)49-33-40(27-28-58-49)38-23-21-36(2)22-24-38/h13-35,61H,12H2,1-11H3/i2D3. The molecule has 0 amide bonds. The minimum Gasteiger partial charge on any atom is -0.507 e. The highest BCUT2D eigenvalue weighted by atomic mass is 16.3. The van der Waals surface area contributed by atoms with E-state index in [1.54, 1.807) is 12.1 Å². The quantitative estimate of drug-likeness (QED) is 0.166. The molecule has 0 aliphatic rings. The summed E-state index contributed by atoms with van der Waals surface area (Å²) in [4.78, 5) is 10.5.